The summed E-state index contributed by atoms with van der Waals surface area (Å²) in [6, 6.07) is 7.94. The predicted octanol–water partition coefficient (Wildman–Crippen LogP) is 2.13. The van der Waals surface area contributed by atoms with Crippen LogP contribution in [0.4, 0.5) is 11.4 Å². The number of amides is 1. The van der Waals surface area contributed by atoms with E-state index in [-0.39, 0.29) is 11.4 Å². The summed E-state index contributed by atoms with van der Waals surface area (Å²) < 4.78 is 11.6. The molecular weight excluding hydrogens is 330 g/mol. The maximum Gasteiger partial charge on any atom is 0.355 e. The average molecular weight is 347 g/mol. The second-order valence-electron chi connectivity index (χ2n) is 5.01. The Labute approximate surface area is 143 Å². The Balaban J connectivity index is 1.96. The zero-order valence-corrected chi connectivity index (χ0v) is 13.7. The predicted molar refractivity (Wildman–Crippen MR) is 88.6 cm³/mol. The molecule has 0 aliphatic heterocycles. The van der Waals surface area contributed by atoms with Crippen LogP contribution in [0, 0.1) is 10.1 Å². The Bertz CT molecular complexity index is 799. The zero-order chi connectivity index (χ0) is 18.4. The molecule has 0 aliphatic carbocycles. The fourth-order valence-electron chi connectivity index (χ4n) is 2.09. The number of rotatable bonds is 7. The highest BCUT2D eigenvalue weighted by atomic mass is 16.6. The number of aromatic nitrogens is 1. The van der Waals surface area contributed by atoms with E-state index in [1.54, 1.807) is 24.3 Å². The third kappa shape index (κ3) is 4.56. The molecule has 0 bridgehead atoms. The molecule has 132 valence electrons. The normalized spacial score (nSPS) is 10.2. The van der Waals surface area contributed by atoms with Crippen LogP contribution in [0.2, 0.25) is 0 Å². The van der Waals surface area contributed by atoms with Gasteiger partial charge in [0.15, 0.2) is 6.61 Å². The second kappa shape index (κ2) is 7.95. The monoisotopic (exact) mass is 347 g/mol. The van der Waals surface area contributed by atoms with Gasteiger partial charge in [-0.1, -0.05) is 12.1 Å². The molecule has 0 radical (unpaired) electrons. The molecule has 0 unspecified atom stereocenters. The molecule has 0 saturated carbocycles. The smallest absolute Gasteiger partial charge is 0.355 e. The van der Waals surface area contributed by atoms with E-state index >= 15 is 0 Å². The molecule has 0 fully saturated rings. The van der Waals surface area contributed by atoms with Crippen molar-refractivity contribution in [3.05, 3.63) is 52.3 Å². The number of hydrogen-bond donors (Lipinski definition) is 1. The van der Waals surface area contributed by atoms with Crippen molar-refractivity contribution < 1.29 is 24.0 Å². The molecule has 1 aromatic carbocycles. The number of benzene rings is 1. The third-order valence-corrected chi connectivity index (χ3v) is 3.21. The summed E-state index contributed by atoms with van der Waals surface area (Å²) in [5.74, 6) is -0.879. The highest BCUT2D eigenvalue weighted by Crippen LogP contribution is 2.23. The first-order valence-corrected chi connectivity index (χ1v) is 7.42. The highest BCUT2D eigenvalue weighted by Gasteiger charge is 2.19. The Morgan fingerprint density at radius 3 is 2.68 bits per heavy atom. The zero-order valence-electron chi connectivity index (χ0n) is 13.7. The Morgan fingerprint density at radius 2 is 2.04 bits per heavy atom. The number of carbonyl (C=O) groups excluding carboxylic acids is 2. The van der Waals surface area contributed by atoms with Crippen LogP contribution < -0.4 is 10.1 Å². The molecule has 2 aromatic rings. The Hall–Kier alpha value is -3.36. The summed E-state index contributed by atoms with van der Waals surface area (Å²) in [7, 11) is 1.47. The SMILES string of the molecule is CCOc1ccccc1NC(=O)COC(=O)c1cc([N+](=O)[O-])cn1C. The first kappa shape index (κ1) is 18.0. The lowest BCUT2D eigenvalue weighted by Crippen LogP contribution is -2.22. The standard InChI is InChI=1S/C16H17N3O6/c1-3-24-14-7-5-4-6-12(14)17-15(20)10-25-16(21)13-8-11(19(22)23)9-18(13)2/h4-9H,3,10H2,1-2H3,(H,17,20). The Morgan fingerprint density at radius 1 is 1.32 bits per heavy atom. The summed E-state index contributed by atoms with van der Waals surface area (Å²) >= 11 is 0. The van der Waals surface area contributed by atoms with Crippen LogP contribution in [-0.4, -0.2) is 34.6 Å². The molecule has 9 nitrogen and oxygen atoms in total. The lowest BCUT2D eigenvalue weighted by atomic mass is 10.3. The quantitative estimate of drug-likeness (QED) is 0.466. The number of nitrogens with zero attached hydrogens (tertiary/aromatic N) is 2. The van der Waals surface area contributed by atoms with Gasteiger partial charge in [-0.2, -0.15) is 0 Å². The molecule has 0 atom stereocenters. The van der Waals surface area contributed by atoms with E-state index in [2.05, 4.69) is 5.32 Å². The van der Waals surface area contributed by atoms with E-state index in [9.17, 15) is 19.7 Å². The van der Waals surface area contributed by atoms with Gasteiger partial charge in [0.1, 0.15) is 11.4 Å². The lowest BCUT2D eigenvalue weighted by Gasteiger charge is -2.11. The van der Waals surface area contributed by atoms with Crippen LogP contribution in [0.3, 0.4) is 0 Å². The van der Waals surface area contributed by atoms with Crippen molar-refractivity contribution in [2.24, 2.45) is 7.05 Å². The van der Waals surface area contributed by atoms with Gasteiger partial charge in [0, 0.05) is 13.1 Å². The number of nitrogens with one attached hydrogen (secondary N) is 1. The van der Waals surface area contributed by atoms with E-state index in [0.717, 1.165) is 6.07 Å². The summed E-state index contributed by atoms with van der Waals surface area (Å²) in [5, 5.41) is 13.3. The van der Waals surface area contributed by atoms with Gasteiger partial charge in [0.25, 0.3) is 11.6 Å². The van der Waals surface area contributed by atoms with Gasteiger partial charge in [-0.05, 0) is 19.1 Å². The van der Waals surface area contributed by atoms with Crippen molar-refractivity contribution in [1.29, 1.82) is 0 Å². The van der Waals surface area contributed by atoms with Gasteiger partial charge >= 0.3 is 5.97 Å². The first-order chi connectivity index (χ1) is 11.9. The third-order valence-electron chi connectivity index (χ3n) is 3.21. The fraction of sp³-hybridized carbons (Fsp3) is 0.250. The second-order valence-corrected chi connectivity index (χ2v) is 5.01. The van der Waals surface area contributed by atoms with Crippen LogP contribution in [0.1, 0.15) is 17.4 Å². The van der Waals surface area contributed by atoms with E-state index < -0.39 is 23.4 Å². The number of ether oxygens (including phenoxy) is 2. The fourth-order valence-corrected chi connectivity index (χ4v) is 2.09. The van der Waals surface area contributed by atoms with Crippen molar-refractivity contribution in [2.75, 3.05) is 18.5 Å². The van der Waals surface area contributed by atoms with Crippen molar-refractivity contribution >= 4 is 23.3 Å². The minimum Gasteiger partial charge on any atom is -0.492 e. The van der Waals surface area contributed by atoms with Crippen molar-refractivity contribution in [1.82, 2.24) is 4.57 Å². The summed E-state index contributed by atoms with van der Waals surface area (Å²) in [5.41, 5.74) is 0.207. The van der Waals surface area contributed by atoms with Crippen LogP contribution in [-0.2, 0) is 16.6 Å². The van der Waals surface area contributed by atoms with Gasteiger partial charge in [-0.15, -0.1) is 0 Å². The maximum absolute atomic E-state index is 12.0. The molecule has 0 aliphatic rings. The van der Waals surface area contributed by atoms with E-state index in [0.29, 0.717) is 18.0 Å². The molecule has 25 heavy (non-hydrogen) atoms. The minimum atomic E-state index is -0.830. The Kier molecular flexibility index (Phi) is 5.72. The molecule has 1 amide bonds. The van der Waals surface area contributed by atoms with Gasteiger partial charge in [0.05, 0.1) is 23.4 Å². The first-order valence-electron chi connectivity index (χ1n) is 7.42. The summed E-state index contributed by atoms with van der Waals surface area (Å²) in [6.45, 7) is 1.73. The molecule has 2 rings (SSSR count). The molecular formula is C16H17N3O6. The van der Waals surface area contributed by atoms with Crippen LogP contribution in [0.25, 0.3) is 0 Å². The van der Waals surface area contributed by atoms with Crippen molar-refractivity contribution in [3.8, 4) is 5.75 Å². The number of carbonyl (C=O) groups is 2. The number of esters is 1. The van der Waals surface area contributed by atoms with Gasteiger partial charge in [0.2, 0.25) is 0 Å². The molecule has 1 N–H and O–H groups in total. The van der Waals surface area contributed by atoms with Crippen LogP contribution in [0.5, 0.6) is 5.75 Å². The van der Waals surface area contributed by atoms with E-state index in [4.69, 9.17) is 9.47 Å². The van der Waals surface area contributed by atoms with E-state index in [1.807, 2.05) is 6.92 Å². The lowest BCUT2D eigenvalue weighted by molar-refractivity contribution is -0.384. The van der Waals surface area contributed by atoms with Gasteiger partial charge in [-0.3, -0.25) is 14.9 Å². The summed E-state index contributed by atoms with van der Waals surface area (Å²) in [6.07, 6.45) is 1.19. The molecule has 0 spiro atoms. The van der Waals surface area contributed by atoms with Gasteiger partial charge < -0.3 is 19.4 Å². The molecule has 1 aromatic heterocycles. The molecule has 9 heteroatoms. The van der Waals surface area contributed by atoms with Gasteiger partial charge in [-0.25, -0.2) is 4.79 Å². The number of aryl methyl sites for hydroxylation is 1. The van der Waals surface area contributed by atoms with Crippen molar-refractivity contribution in [2.45, 2.75) is 6.92 Å². The largest absolute Gasteiger partial charge is 0.492 e. The van der Waals surface area contributed by atoms with Crippen LogP contribution in [0.15, 0.2) is 36.5 Å². The minimum absolute atomic E-state index is 0.0192. The van der Waals surface area contributed by atoms with Crippen LogP contribution >= 0.6 is 0 Å². The number of para-hydroxylation sites is 2. The molecule has 1 heterocycles. The summed E-state index contributed by atoms with van der Waals surface area (Å²) in [4.78, 5) is 34.0. The molecule has 0 saturated heterocycles. The number of nitro groups is 1. The topological polar surface area (TPSA) is 113 Å². The number of anilines is 1. The van der Waals surface area contributed by atoms with E-state index in [1.165, 1.54) is 17.8 Å². The average Bonchev–Trinajstić information content (AvgIpc) is 2.97. The maximum atomic E-state index is 12.0. The van der Waals surface area contributed by atoms with Crippen molar-refractivity contribution in [3.63, 3.8) is 0 Å². The number of hydrogen-bond acceptors (Lipinski definition) is 6. The highest BCUT2D eigenvalue weighted by molar-refractivity contribution is 5.96.